The number of hydrogen-bond acceptors (Lipinski definition) is 5. The maximum absolute atomic E-state index is 13.1. The number of benzene rings is 2. The minimum atomic E-state index is -0.404. The van der Waals surface area contributed by atoms with E-state index in [-0.39, 0.29) is 10.8 Å². The fourth-order valence-corrected chi connectivity index (χ4v) is 5.29. The molecule has 2 aliphatic rings. The van der Waals surface area contributed by atoms with E-state index in [1.165, 1.54) is 16.8 Å². The molecule has 2 aliphatic heterocycles. The number of anilines is 1. The van der Waals surface area contributed by atoms with Gasteiger partial charge in [0.1, 0.15) is 16.7 Å². The van der Waals surface area contributed by atoms with Gasteiger partial charge in [-0.25, -0.2) is 9.78 Å². The third-order valence-electron chi connectivity index (χ3n) is 7.26. The molecule has 0 saturated carbocycles. The first kappa shape index (κ1) is 18.7. The summed E-state index contributed by atoms with van der Waals surface area (Å²) in [6.45, 7) is 11.2. The van der Waals surface area contributed by atoms with Crippen molar-refractivity contribution in [3.05, 3.63) is 57.9 Å². The fourth-order valence-electron chi connectivity index (χ4n) is 5.29. The average molecular weight is 415 g/mol. The summed E-state index contributed by atoms with van der Waals surface area (Å²) in [5.74, 6) is 0.309. The van der Waals surface area contributed by atoms with Crippen LogP contribution in [0, 0.1) is 0 Å². The number of nitrogens with zero attached hydrogens (tertiary/aromatic N) is 2. The Labute approximate surface area is 180 Å². The van der Waals surface area contributed by atoms with Crippen LogP contribution in [0.1, 0.15) is 51.7 Å². The maximum atomic E-state index is 13.1. The minimum Gasteiger partial charge on any atom is -0.436 e. The average Bonchev–Trinajstić information content (AvgIpc) is 3.15. The van der Waals surface area contributed by atoms with E-state index in [1.54, 1.807) is 0 Å². The zero-order chi connectivity index (χ0) is 21.5. The lowest BCUT2D eigenvalue weighted by Gasteiger charge is -2.48. The molecule has 0 fully saturated rings. The quantitative estimate of drug-likeness (QED) is 0.370. The Morgan fingerprint density at radius 2 is 1.71 bits per heavy atom. The smallest absolute Gasteiger partial charge is 0.349 e. The standard InChI is InChI=1S/C26H26N2O3/c1-25(2)9-11-28-12-10-26(3,4)20-21(28)17(25)14-15-13-16(24(29)31-22(15)20)23-27-18-7-5-6-8-19(18)30-23/h5-8,13-14H,9-12H2,1-4H3. The summed E-state index contributed by atoms with van der Waals surface area (Å²) < 4.78 is 11.9. The summed E-state index contributed by atoms with van der Waals surface area (Å²) in [5, 5.41) is 0.940. The predicted octanol–water partition coefficient (Wildman–Crippen LogP) is 5.77. The van der Waals surface area contributed by atoms with Crippen molar-refractivity contribution in [3.63, 3.8) is 0 Å². The summed E-state index contributed by atoms with van der Waals surface area (Å²) in [7, 11) is 0. The zero-order valence-electron chi connectivity index (χ0n) is 18.4. The number of rotatable bonds is 1. The van der Waals surface area contributed by atoms with Gasteiger partial charge >= 0.3 is 5.63 Å². The van der Waals surface area contributed by atoms with Gasteiger partial charge in [0.05, 0.1) is 0 Å². The highest BCUT2D eigenvalue weighted by Gasteiger charge is 2.42. The lowest BCUT2D eigenvalue weighted by Crippen LogP contribution is -2.44. The van der Waals surface area contributed by atoms with Crippen LogP contribution < -0.4 is 10.5 Å². The molecule has 0 N–H and O–H groups in total. The van der Waals surface area contributed by atoms with E-state index >= 15 is 0 Å². The van der Waals surface area contributed by atoms with Crippen LogP contribution in [-0.4, -0.2) is 18.1 Å². The Hall–Kier alpha value is -3.08. The summed E-state index contributed by atoms with van der Waals surface area (Å²) in [6, 6.07) is 11.7. The number of hydrogen-bond donors (Lipinski definition) is 0. The van der Waals surface area contributed by atoms with Crippen molar-refractivity contribution >= 4 is 27.8 Å². The zero-order valence-corrected chi connectivity index (χ0v) is 18.4. The first-order valence-corrected chi connectivity index (χ1v) is 11.0. The molecular weight excluding hydrogens is 388 g/mol. The SMILES string of the molecule is CC1(C)CCN2CCC(C)(C)c3c2c1cc1cc(-c2nc4ccccc4o2)c(=O)oc31. The van der Waals surface area contributed by atoms with Gasteiger partial charge in [-0.3, -0.25) is 0 Å². The topological polar surface area (TPSA) is 59.5 Å². The van der Waals surface area contributed by atoms with E-state index in [1.807, 2.05) is 30.3 Å². The molecule has 0 amide bonds. The molecule has 0 aliphatic carbocycles. The molecule has 0 radical (unpaired) electrons. The molecule has 0 saturated heterocycles. The summed E-state index contributed by atoms with van der Waals surface area (Å²) in [5.41, 5.74) is 5.85. The third-order valence-corrected chi connectivity index (χ3v) is 7.26. The third kappa shape index (κ3) is 2.62. The van der Waals surface area contributed by atoms with Crippen molar-refractivity contribution in [2.75, 3.05) is 18.0 Å². The van der Waals surface area contributed by atoms with Gasteiger partial charge in [0, 0.05) is 29.7 Å². The second-order valence-corrected chi connectivity index (χ2v) is 10.3. The van der Waals surface area contributed by atoms with E-state index in [0.717, 1.165) is 36.8 Å². The monoisotopic (exact) mass is 414 g/mol. The first-order valence-electron chi connectivity index (χ1n) is 11.0. The van der Waals surface area contributed by atoms with Gasteiger partial charge in [0.2, 0.25) is 5.89 Å². The van der Waals surface area contributed by atoms with Crippen LogP contribution in [0.5, 0.6) is 0 Å². The van der Waals surface area contributed by atoms with Crippen LogP contribution >= 0.6 is 0 Å². The van der Waals surface area contributed by atoms with E-state index in [2.05, 4.69) is 43.6 Å². The summed E-state index contributed by atoms with van der Waals surface area (Å²) in [4.78, 5) is 20.1. The minimum absolute atomic E-state index is 0.0656. The molecule has 5 heteroatoms. The van der Waals surface area contributed by atoms with Crippen molar-refractivity contribution in [3.8, 4) is 11.5 Å². The van der Waals surface area contributed by atoms with E-state index in [4.69, 9.17) is 8.83 Å². The second kappa shape index (κ2) is 6.00. The molecule has 4 aromatic rings. The molecule has 6 rings (SSSR count). The largest absolute Gasteiger partial charge is 0.436 e. The lowest BCUT2D eigenvalue weighted by molar-refractivity contribution is 0.398. The van der Waals surface area contributed by atoms with Gasteiger partial charge in [-0.2, -0.15) is 0 Å². The number of oxazole rings is 1. The Morgan fingerprint density at radius 3 is 2.48 bits per heavy atom. The molecule has 2 aromatic heterocycles. The van der Waals surface area contributed by atoms with Crippen LogP contribution in [-0.2, 0) is 10.8 Å². The van der Waals surface area contributed by atoms with Gasteiger partial charge < -0.3 is 13.7 Å². The van der Waals surface area contributed by atoms with Crippen LogP contribution in [0.25, 0.3) is 33.5 Å². The lowest BCUT2D eigenvalue weighted by atomic mass is 9.69. The number of fused-ring (bicyclic) bond motifs is 3. The molecule has 158 valence electrons. The van der Waals surface area contributed by atoms with E-state index in [0.29, 0.717) is 22.6 Å². The van der Waals surface area contributed by atoms with Crippen molar-refractivity contribution in [2.24, 2.45) is 0 Å². The van der Waals surface area contributed by atoms with Crippen molar-refractivity contribution < 1.29 is 8.83 Å². The van der Waals surface area contributed by atoms with Crippen LogP contribution in [0.2, 0.25) is 0 Å². The number of para-hydroxylation sites is 2. The Kier molecular flexibility index (Phi) is 3.61. The highest BCUT2D eigenvalue weighted by Crippen LogP contribution is 2.51. The summed E-state index contributed by atoms with van der Waals surface area (Å²) >= 11 is 0. The fraction of sp³-hybridized carbons (Fsp3) is 0.385. The predicted molar refractivity (Wildman–Crippen MR) is 123 cm³/mol. The van der Waals surface area contributed by atoms with Gasteiger partial charge in [-0.15, -0.1) is 0 Å². The number of aromatic nitrogens is 1. The Morgan fingerprint density at radius 1 is 0.968 bits per heavy atom. The molecule has 31 heavy (non-hydrogen) atoms. The Balaban J connectivity index is 1.68. The normalized spacial score (nSPS) is 19.0. The maximum Gasteiger partial charge on any atom is 0.349 e. The first-order chi connectivity index (χ1) is 14.7. The van der Waals surface area contributed by atoms with Crippen LogP contribution in [0.3, 0.4) is 0 Å². The molecular formula is C26H26N2O3. The molecule has 0 unspecified atom stereocenters. The van der Waals surface area contributed by atoms with Gasteiger partial charge in [0.15, 0.2) is 5.58 Å². The van der Waals surface area contributed by atoms with Gasteiger partial charge in [0.25, 0.3) is 0 Å². The molecule has 0 bridgehead atoms. The molecule has 0 atom stereocenters. The van der Waals surface area contributed by atoms with Crippen LogP contribution in [0.15, 0.2) is 50.0 Å². The van der Waals surface area contributed by atoms with Crippen molar-refractivity contribution in [2.45, 2.75) is 51.4 Å². The molecule has 0 spiro atoms. The van der Waals surface area contributed by atoms with Gasteiger partial charge in [-0.1, -0.05) is 39.8 Å². The highest BCUT2D eigenvalue weighted by molar-refractivity contribution is 5.92. The summed E-state index contributed by atoms with van der Waals surface area (Å²) in [6.07, 6.45) is 2.15. The molecule has 4 heterocycles. The van der Waals surface area contributed by atoms with Gasteiger partial charge in [-0.05, 0) is 53.5 Å². The highest BCUT2D eigenvalue weighted by atomic mass is 16.4. The van der Waals surface area contributed by atoms with Crippen LogP contribution in [0.4, 0.5) is 5.69 Å². The second-order valence-electron chi connectivity index (χ2n) is 10.3. The van der Waals surface area contributed by atoms with E-state index in [9.17, 15) is 4.79 Å². The van der Waals surface area contributed by atoms with Crippen molar-refractivity contribution in [1.29, 1.82) is 0 Å². The molecule has 2 aromatic carbocycles. The Bertz CT molecular complexity index is 1390. The molecule has 5 nitrogen and oxygen atoms in total. The van der Waals surface area contributed by atoms with E-state index < -0.39 is 5.63 Å². The van der Waals surface area contributed by atoms with Crippen molar-refractivity contribution in [1.82, 2.24) is 4.98 Å².